The molecule has 2 N–H and O–H groups in total. The maximum Gasteiger partial charge on any atom is 0.243 e. The van der Waals surface area contributed by atoms with Crippen LogP contribution in [0.4, 0.5) is 10.1 Å². The van der Waals surface area contributed by atoms with E-state index in [1.807, 2.05) is 6.92 Å². The van der Waals surface area contributed by atoms with Crippen molar-refractivity contribution in [3.63, 3.8) is 0 Å². The minimum absolute atomic E-state index is 0.0527. The average Bonchev–Trinajstić information content (AvgIpc) is 3.24. The first kappa shape index (κ1) is 14.8. The van der Waals surface area contributed by atoms with Crippen LogP contribution < -0.4 is 10.6 Å². The third-order valence-corrected chi connectivity index (χ3v) is 3.66. The molecule has 2 amide bonds. The average molecular weight is 299 g/mol. The van der Waals surface area contributed by atoms with E-state index in [1.165, 1.54) is 18.2 Å². The van der Waals surface area contributed by atoms with E-state index in [-0.39, 0.29) is 29.3 Å². The van der Waals surface area contributed by atoms with Crippen molar-refractivity contribution in [2.24, 2.45) is 11.8 Å². The number of carbonyl (C=O) groups excluding carboxylic acids is 2. The highest BCUT2D eigenvalue weighted by Crippen LogP contribution is 2.36. The molecule has 1 aliphatic rings. The van der Waals surface area contributed by atoms with Gasteiger partial charge in [-0.25, -0.2) is 4.39 Å². The first-order valence-electron chi connectivity index (χ1n) is 6.50. The van der Waals surface area contributed by atoms with Gasteiger partial charge in [0, 0.05) is 11.6 Å². The highest BCUT2D eigenvalue weighted by molar-refractivity contribution is 6.31. The van der Waals surface area contributed by atoms with Gasteiger partial charge in [0.05, 0.1) is 11.6 Å². The number of halogens is 2. The van der Waals surface area contributed by atoms with Gasteiger partial charge in [0.25, 0.3) is 0 Å². The zero-order valence-electron chi connectivity index (χ0n) is 11.1. The maximum absolute atomic E-state index is 13.0. The van der Waals surface area contributed by atoms with Crippen molar-refractivity contribution in [2.75, 3.05) is 11.9 Å². The molecule has 1 aromatic rings. The summed E-state index contributed by atoms with van der Waals surface area (Å²) in [5, 5.41) is 5.08. The fourth-order valence-electron chi connectivity index (χ4n) is 1.92. The minimum Gasteiger partial charge on any atom is -0.347 e. The highest BCUT2D eigenvalue weighted by Gasteiger charge is 2.32. The third-order valence-electron chi connectivity index (χ3n) is 3.37. The Kier molecular flexibility index (Phi) is 4.60. The first-order valence-corrected chi connectivity index (χ1v) is 6.88. The summed E-state index contributed by atoms with van der Waals surface area (Å²) in [6.07, 6.45) is 2.16. The van der Waals surface area contributed by atoms with Crippen LogP contribution in [0, 0.1) is 17.7 Å². The lowest BCUT2D eigenvalue weighted by Gasteiger charge is -2.11. The molecule has 0 radical (unpaired) electrons. The van der Waals surface area contributed by atoms with Crippen molar-refractivity contribution in [1.29, 1.82) is 0 Å². The monoisotopic (exact) mass is 298 g/mol. The summed E-state index contributed by atoms with van der Waals surface area (Å²) < 4.78 is 13.0. The number of hydrogen-bond acceptors (Lipinski definition) is 2. The quantitative estimate of drug-likeness (QED) is 0.878. The lowest BCUT2D eigenvalue weighted by molar-refractivity contribution is -0.127. The van der Waals surface area contributed by atoms with Crippen LogP contribution in [0.25, 0.3) is 0 Å². The lowest BCUT2D eigenvalue weighted by atomic mass is 10.1. The van der Waals surface area contributed by atoms with Crippen LogP contribution in [0.15, 0.2) is 18.2 Å². The van der Waals surface area contributed by atoms with Gasteiger partial charge >= 0.3 is 0 Å². The zero-order chi connectivity index (χ0) is 14.7. The molecule has 108 valence electrons. The van der Waals surface area contributed by atoms with Crippen LogP contribution in [0.3, 0.4) is 0 Å². The summed E-state index contributed by atoms with van der Waals surface area (Å²) in [4.78, 5) is 23.4. The van der Waals surface area contributed by atoms with Crippen LogP contribution in [-0.4, -0.2) is 18.4 Å². The van der Waals surface area contributed by atoms with E-state index in [2.05, 4.69) is 10.6 Å². The zero-order valence-corrected chi connectivity index (χ0v) is 11.8. The van der Waals surface area contributed by atoms with Crippen molar-refractivity contribution in [2.45, 2.75) is 19.8 Å². The Balaban J connectivity index is 1.79. The van der Waals surface area contributed by atoms with Crippen LogP contribution in [0.2, 0.25) is 5.02 Å². The third kappa shape index (κ3) is 3.93. The van der Waals surface area contributed by atoms with Gasteiger partial charge in [0.1, 0.15) is 5.82 Å². The fourth-order valence-corrected chi connectivity index (χ4v) is 2.10. The molecule has 0 spiro atoms. The normalized spacial score (nSPS) is 15.6. The molecule has 6 heteroatoms. The second-order valence-corrected chi connectivity index (χ2v) is 5.43. The standard InChI is InChI=1S/C14H16ClFN2O2/c1-8(9-2-3-9)14(20)17-7-13(19)18-10-4-5-12(16)11(15)6-10/h4-6,8-9H,2-3,7H2,1H3,(H,17,20)(H,18,19). The van der Waals surface area contributed by atoms with Gasteiger partial charge in [-0.15, -0.1) is 0 Å². The van der Waals surface area contributed by atoms with E-state index in [0.29, 0.717) is 11.6 Å². The molecule has 20 heavy (non-hydrogen) atoms. The van der Waals surface area contributed by atoms with Gasteiger partial charge in [-0.2, -0.15) is 0 Å². The van der Waals surface area contributed by atoms with Crippen LogP contribution >= 0.6 is 11.6 Å². The van der Waals surface area contributed by atoms with Crippen LogP contribution in [0.1, 0.15) is 19.8 Å². The molecule has 1 aliphatic carbocycles. The first-order chi connectivity index (χ1) is 9.47. The number of nitrogens with one attached hydrogen (secondary N) is 2. The Labute approximate surface area is 121 Å². The molecule has 1 atom stereocenters. The second-order valence-electron chi connectivity index (χ2n) is 5.02. The van der Waals surface area contributed by atoms with Gasteiger partial charge in [0.2, 0.25) is 11.8 Å². The van der Waals surface area contributed by atoms with Crippen molar-refractivity contribution < 1.29 is 14.0 Å². The largest absolute Gasteiger partial charge is 0.347 e. The Morgan fingerprint density at radius 1 is 1.45 bits per heavy atom. The number of anilines is 1. The van der Waals surface area contributed by atoms with E-state index in [4.69, 9.17) is 11.6 Å². The number of carbonyl (C=O) groups is 2. The van der Waals surface area contributed by atoms with E-state index < -0.39 is 5.82 Å². The van der Waals surface area contributed by atoms with Crippen molar-refractivity contribution in [1.82, 2.24) is 5.32 Å². The number of amides is 2. The fraction of sp³-hybridized carbons (Fsp3) is 0.429. The molecule has 0 saturated heterocycles. The van der Waals surface area contributed by atoms with E-state index in [9.17, 15) is 14.0 Å². The molecule has 1 aromatic carbocycles. The SMILES string of the molecule is CC(C(=O)NCC(=O)Nc1ccc(F)c(Cl)c1)C1CC1. The molecule has 0 bridgehead atoms. The van der Waals surface area contributed by atoms with Crippen LogP contribution in [0.5, 0.6) is 0 Å². The molecule has 0 aliphatic heterocycles. The van der Waals surface area contributed by atoms with Crippen molar-refractivity contribution in [3.05, 3.63) is 29.0 Å². The summed E-state index contributed by atoms with van der Waals surface area (Å²) in [7, 11) is 0. The molecular weight excluding hydrogens is 283 g/mol. The van der Waals surface area contributed by atoms with Crippen molar-refractivity contribution in [3.8, 4) is 0 Å². The molecule has 1 unspecified atom stereocenters. The van der Waals surface area contributed by atoms with Gasteiger partial charge in [-0.1, -0.05) is 18.5 Å². The van der Waals surface area contributed by atoms with Gasteiger partial charge < -0.3 is 10.6 Å². The predicted molar refractivity (Wildman–Crippen MR) is 74.9 cm³/mol. The Morgan fingerprint density at radius 3 is 2.75 bits per heavy atom. The van der Waals surface area contributed by atoms with Gasteiger partial charge in [0.15, 0.2) is 0 Å². The topological polar surface area (TPSA) is 58.2 Å². The smallest absolute Gasteiger partial charge is 0.243 e. The highest BCUT2D eigenvalue weighted by atomic mass is 35.5. The molecule has 0 aromatic heterocycles. The number of rotatable bonds is 5. The minimum atomic E-state index is -0.545. The molecule has 4 nitrogen and oxygen atoms in total. The van der Waals surface area contributed by atoms with E-state index in [0.717, 1.165) is 12.8 Å². The van der Waals surface area contributed by atoms with Crippen molar-refractivity contribution >= 4 is 29.1 Å². The molecule has 1 fully saturated rings. The van der Waals surface area contributed by atoms with Crippen LogP contribution in [-0.2, 0) is 9.59 Å². The Bertz CT molecular complexity index is 532. The van der Waals surface area contributed by atoms with Gasteiger partial charge in [-0.3, -0.25) is 9.59 Å². The second kappa shape index (κ2) is 6.22. The Hall–Kier alpha value is -1.62. The van der Waals surface area contributed by atoms with E-state index >= 15 is 0 Å². The van der Waals surface area contributed by atoms with Gasteiger partial charge in [-0.05, 0) is 37.0 Å². The molecule has 1 saturated carbocycles. The maximum atomic E-state index is 13.0. The summed E-state index contributed by atoms with van der Waals surface area (Å²) in [6, 6.07) is 3.91. The molecule has 0 heterocycles. The number of benzene rings is 1. The predicted octanol–water partition coefficient (Wildman–Crippen LogP) is 2.58. The number of hydrogen-bond donors (Lipinski definition) is 2. The summed E-state index contributed by atoms with van der Waals surface area (Å²) in [6.45, 7) is 1.76. The molecular formula is C14H16ClFN2O2. The lowest BCUT2D eigenvalue weighted by Crippen LogP contribution is -2.36. The van der Waals surface area contributed by atoms with E-state index in [1.54, 1.807) is 0 Å². The summed E-state index contributed by atoms with van der Waals surface area (Å²) in [5.74, 6) is -0.628. The Morgan fingerprint density at radius 2 is 2.15 bits per heavy atom. The summed E-state index contributed by atoms with van der Waals surface area (Å²) >= 11 is 5.61. The molecule has 2 rings (SSSR count). The summed E-state index contributed by atoms with van der Waals surface area (Å²) in [5.41, 5.74) is 0.394.